The van der Waals surface area contributed by atoms with Crippen LogP contribution in [0.1, 0.15) is 177 Å². The summed E-state index contributed by atoms with van der Waals surface area (Å²) < 4.78 is 51.1. The largest absolute Gasteiger partial charge is 0.413 e. The Morgan fingerprint density at radius 3 is 0.670 bits per heavy atom. The Bertz CT molecular complexity index is 3420. The lowest BCUT2D eigenvalue weighted by Crippen LogP contribution is -2.64. The predicted octanol–water partition coefficient (Wildman–Crippen LogP) is 15.8. The van der Waals surface area contributed by atoms with E-state index in [0.717, 1.165) is 0 Å². The zero-order valence-electron chi connectivity index (χ0n) is 64.2. The van der Waals surface area contributed by atoms with Gasteiger partial charge in [-0.2, -0.15) is 0 Å². The van der Waals surface area contributed by atoms with Gasteiger partial charge < -0.3 is 80.4 Å². The summed E-state index contributed by atoms with van der Waals surface area (Å²) in [6.45, 7) is 52.4. The van der Waals surface area contributed by atoms with Gasteiger partial charge in [-0.3, -0.25) is 19.2 Å². The molecule has 0 atom stereocenters. The zero-order chi connectivity index (χ0) is 77.7. The average Bonchev–Trinajstić information content (AvgIpc) is 0.727. The molecule has 0 saturated carbocycles. The molecule has 0 fully saturated rings. The summed E-state index contributed by atoms with van der Waals surface area (Å²) in [6, 6.07) is 25.5. The standard InChI is InChI=1S/C79H112N8O16/c1-51(2)63(88)80-55-25-33-59(34-26-55)100-67(92)84-71(9,10)41-45-96-75(17,18)49-79(77(21,22)98-47-43-73(13,14)86-69(94)102-61-37-29-57(30-38-61)82-65(90)53(5)6,78(23,24)99-48-44-74(15,16)87-70(95)103-62-39-31-58(32-40-62)83-66(91)54(7)8)50-76(19,20)97-46-42-72(11,12)85-68(93)101-60-35-27-56(28-36-60)81-64(89)52(3)4/h25-40H,1,3,5,7,41-50H2,2,4,6,8-24H3,(H,80,88)(H,81,89)(H,82,90)(H,83,91)(H,84,92)(H,85,93)(H,86,94)(H,87,95). The minimum atomic E-state index is -1.16. The molecule has 24 heteroatoms. The van der Waals surface area contributed by atoms with E-state index in [-0.39, 0.29) is 85.9 Å². The number of carbonyl (C=O) groups is 8. The first-order valence-electron chi connectivity index (χ1n) is 34.3. The second-order valence-corrected chi connectivity index (χ2v) is 31.0. The fourth-order valence-electron chi connectivity index (χ4n) is 11.0. The molecule has 0 aliphatic heterocycles. The highest BCUT2D eigenvalue weighted by atomic mass is 16.6. The first-order chi connectivity index (χ1) is 47.4. The normalized spacial score (nSPS) is 12.3. The summed E-state index contributed by atoms with van der Waals surface area (Å²) in [4.78, 5) is 103. The number of nitrogens with one attached hydrogen (secondary N) is 8. The van der Waals surface area contributed by atoms with E-state index in [1.54, 1.807) is 125 Å². The molecule has 4 aromatic carbocycles. The number of rotatable bonds is 38. The molecule has 24 nitrogen and oxygen atoms in total. The van der Waals surface area contributed by atoms with E-state index in [1.807, 2.05) is 111 Å². The van der Waals surface area contributed by atoms with E-state index in [2.05, 4.69) is 68.9 Å². The number of ether oxygens (including phenoxy) is 8. The molecular weight excluding hydrogens is 1320 g/mol. The lowest BCUT2D eigenvalue weighted by Gasteiger charge is -2.59. The van der Waals surface area contributed by atoms with E-state index in [9.17, 15) is 38.4 Å². The van der Waals surface area contributed by atoms with Crippen LogP contribution in [0.5, 0.6) is 23.0 Å². The van der Waals surface area contributed by atoms with Crippen LogP contribution >= 0.6 is 0 Å². The van der Waals surface area contributed by atoms with Crippen LogP contribution < -0.4 is 61.5 Å². The van der Waals surface area contributed by atoms with Crippen molar-refractivity contribution in [1.29, 1.82) is 0 Å². The Morgan fingerprint density at radius 1 is 0.301 bits per heavy atom. The average molecular weight is 1430 g/mol. The second kappa shape index (κ2) is 36.2. The van der Waals surface area contributed by atoms with Crippen LogP contribution in [-0.4, -0.2) is 119 Å². The summed E-state index contributed by atoms with van der Waals surface area (Å²) in [5, 5.41) is 22.8. The van der Waals surface area contributed by atoms with Crippen molar-refractivity contribution >= 4 is 70.8 Å². The third-order valence-corrected chi connectivity index (χ3v) is 17.2. The maximum atomic E-state index is 13.5. The summed E-state index contributed by atoms with van der Waals surface area (Å²) in [7, 11) is 0. The van der Waals surface area contributed by atoms with Gasteiger partial charge in [-0.15, -0.1) is 0 Å². The number of hydrogen-bond donors (Lipinski definition) is 8. The number of anilines is 4. The molecule has 4 rings (SSSR count). The summed E-state index contributed by atoms with van der Waals surface area (Å²) >= 11 is 0. The molecule has 0 saturated heterocycles. The molecule has 103 heavy (non-hydrogen) atoms. The van der Waals surface area contributed by atoms with Gasteiger partial charge in [0.2, 0.25) is 0 Å². The summed E-state index contributed by atoms with van der Waals surface area (Å²) in [6.07, 6.45) is -1.02. The third-order valence-electron chi connectivity index (χ3n) is 17.2. The van der Waals surface area contributed by atoms with Gasteiger partial charge in [0.15, 0.2) is 0 Å². The van der Waals surface area contributed by atoms with Crippen molar-refractivity contribution in [2.24, 2.45) is 5.41 Å². The van der Waals surface area contributed by atoms with Gasteiger partial charge in [0.05, 0.1) is 22.4 Å². The van der Waals surface area contributed by atoms with Crippen LogP contribution in [0.2, 0.25) is 0 Å². The highest BCUT2D eigenvalue weighted by molar-refractivity contribution is 6.04. The molecule has 8 N–H and O–H groups in total. The zero-order valence-corrected chi connectivity index (χ0v) is 64.2. The highest BCUT2D eigenvalue weighted by Gasteiger charge is 2.61. The van der Waals surface area contributed by atoms with Crippen LogP contribution in [0, 0.1) is 5.41 Å². The van der Waals surface area contributed by atoms with E-state index >= 15 is 0 Å². The summed E-state index contributed by atoms with van der Waals surface area (Å²) in [5.74, 6) is -0.354. The predicted molar refractivity (Wildman–Crippen MR) is 403 cm³/mol. The minimum absolute atomic E-state index is 0.111. The number of amides is 8. The van der Waals surface area contributed by atoms with Crippen molar-refractivity contribution in [3.8, 4) is 23.0 Å². The molecule has 0 bridgehead atoms. The number of hydrogen-bond acceptors (Lipinski definition) is 16. The van der Waals surface area contributed by atoms with E-state index < -0.39 is 74.3 Å². The van der Waals surface area contributed by atoms with Crippen LogP contribution in [0.15, 0.2) is 146 Å². The van der Waals surface area contributed by atoms with Gasteiger partial charge in [0, 0.05) is 99.0 Å². The first kappa shape index (κ1) is 86.0. The van der Waals surface area contributed by atoms with Crippen molar-refractivity contribution < 1.29 is 76.3 Å². The Kier molecular flexibility index (Phi) is 30.2. The molecule has 8 amide bonds. The van der Waals surface area contributed by atoms with Gasteiger partial charge >= 0.3 is 24.4 Å². The van der Waals surface area contributed by atoms with Crippen LogP contribution in [0.3, 0.4) is 0 Å². The Morgan fingerprint density at radius 2 is 0.485 bits per heavy atom. The molecule has 0 radical (unpaired) electrons. The van der Waals surface area contributed by atoms with E-state index in [0.29, 0.717) is 70.7 Å². The number of carbonyl (C=O) groups excluding carboxylic acids is 8. The van der Waals surface area contributed by atoms with Crippen molar-refractivity contribution in [3.05, 3.63) is 146 Å². The minimum Gasteiger partial charge on any atom is -0.410 e. The number of benzene rings is 4. The van der Waals surface area contributed by atoms with Gasteiger partial charge in [-0.05, 0) is 274 Å². The molecular formula is C79H112N8O16. The van der Waals surface area contributed by atoms with E-state index in [4.69, 9.17) is 37.9 Å². The molecule has 564 valence electrons. The van der Waals surface area contributed by atoms with Crippen molar-refractivity contribution in [3.63, 3.8) is 0 Å². The van der Waals surface area contributed by atoms with Crippen LogP contribution in [-0.2, 0) is 38.1 Å². The molecule has 0 spiro atoms. The van der Waals surface area contributed by atoms with Crippen LogP contribution in [0.25, 0.3) is 0 Å². The van der Waals surface area contributed by atoms with Gasteiger partial charge in [0.25, 0.3) is 23.6 Å². The van der Waals surface area contributed by atoms with Gasteiger partial charge in [-0.1, -0.05) is 26.3 Å². The molecule has 0 aliphatic carbocycles. The SMILES string of the molecule is C=C(C)C(=O)Nc1ccc(OC(=O)NC(C)(C)CCOC(C)(C)CC(CC(C)(C)OCCC(C)(C)NC(=O)Oc2ccc(NC(=O)C(=C)C)cc2)(C(C)(C)OCCC(C)(C)NC(=O)Oc2ccc(NC(=O)C(=C)C)cc2)C(C)(C)OCCC(C)(C)NC(=O)Oc2ccc(NC(=O)C(=C)C)cc2)cc1. The lowest BCUT2D eigenvalue weighted by atomic mass is 9.55. The smallest absolute Gasteiger partial charge is 0.410 e. The van der Waals surface area contributed by atoms with Gasteiger partial charge in [0.1, 0.15) is 23.0 Å². The third kappa shape index (κ3) is 29.5. The summed E-state index contributed by atoms with van der Waals surface area (Å²) in [5.41, 5.74) is -5.52. The van der Waals surface area contributed by atoms with Crippen LogP contribution in [0.4, 0.5) is 41.9 Å². The van der Waals surface area contributed by atoms with Crippen molar-refractivity contribution in [1.82, 2.24) is 21.3 Å². The van der Waals surface area contributed by atoms with Crippen molar-refractivity contribution in [2.45, 2.75) is 222 Å². The highest BCUT2D eigenvalue weighted by Crippen LogP contribution is 2.56. The maximum Gasteiger partial charge on any atom is 0.413 e. The van der Waals surface area contributed by atoms with Gasteiger partial charge in [-0.25, -0.2) is 19.2 Å². The Labute approximate surface area is 609 Å². The fourth-order valence-corrected chi connectivity index (χ4v) is 11.0. The lowest BCUT2D eigenvalue weighted by molar-refractivity contribution is -0.255. The molecule has 0 unspecified atom stereocenters. The van der Waals surface area contributed by atoms with E-state index in [1.165, 1.54) is 0 Å². The quantitative estimate of drug-likeness (QED) is 0.0193. The Hall–Kier alpha value is -9.36. The molecule has 0 aliphatic rings. The first-order valence-corrected chi connectivity index (χ1v) is 34.3. The Balaban J connectivity index is 1.69. The maximum absolute atomic E-state index is 13.5. The molecule has 0 heterocycles. The second-order valence-electron chi connectivity index (χ2n) is 31.0. The fraction of sp³-hybridized carbons (Fsp3) is 0.494. The monoisotopic (exact) mass is 1430 g/mol. The topological polar surface area (TPSA) is 307 Å². The van der Waals surface area contributed by atoms with Crippen molar-refractivity contribution in [2.75, 3.05) is 47.7 Å². The molecule has 4 aromatic rings. The molecule has 0 aromatic heterocycles.